The molecule has 2 nitrogen and oxygen atoms in total. The van der Waals surface area contributed by atoms with Crippen LogP contribution in [0.15, 0.2) is 11.6 Å². The second-order valence-electron chi connectivity index (χ2n) is 8.48. The van der Waals surface area contributed by atoms with E-state index < -0.39 is 0 Å². The average Bonchev–Trinajstić information content (AvgIpc) is 2.86. The van der Waals surface area contributed by atoms with E-state index in [2.05, 4.69) is 13.8 Å². The van der Waals surface area contributed by atoms with Crippen molar-refractivity contribution < 1.29 is 9.59 Å². The van der Waals surface area contributed by atoms with E-state index in [0.717, 1.165) is 50.9 Å². The van der Waals surface area contributed by atoms with Gasteiger partial charge in [0.05, 0.1) is 0 Å². The van der Waals surface area contributed by atoms with Crippen LogP contribution in [0.1, 0.15) is 71.6 Å². The Balaban J connectivity index is 1.70. The van der Waals surface area contributed by atoms with Crippen LogP contribution in [0.5, 0.6) is 0 Å². The molecule has 2 heteroatoms. The summed E-state index contributed by atoms with van der Waals surface area (Å²) in [6.07, 6.45) is 11.3. The summed E-state index contributed by atoms with van der Waals surface area (Å²) < 4.78 is 0. The van der Waals surface area contributed by atoms with Gasteiger partial charge in [-0.25, -0.2) is 0 Å². The fraction of sp³-hybridized carbons (Fsp3) is 0.800. The summed E-state index contributed by atoms with van der Waals surface area (Å²) >= 11 is 0. The molecule has 0 spiro atoms. The zero-order chi connectivity index (χ0) is 15.5. The third-order valence-corrected chi connectivity index (χ3v) is 8.04. The molecule has 5 unspecified atom stereocenters. The maximum Gasteiger partial charge on any atom is 0.155 e. The molecule has 4 aliphatic carbocycles. The van der Waals surface area contributed by atoms with Gasteiger partial charge < -0.3 is 0 Å². The number of carbonyl (C=O) groups is 2. The molecule has 0 aromatic rings. The summed E-state index contributed by atoms with van der Waals surface area (Å²) in [5.41, 5.74) is 1.68. The van der Waals surface area contributed by atoms with Crippen LogP contribution in [0.2, 0.25) is 0 Å². The van der Waals surface area contributed by atoms with Crippen LogP contribution >= 0.6 is 0 Å². The molecule has 0 bridgehead atoms. The first kappa shape index (κ1) is 14.7. The number of hydrogen-bond donors (Lipinski definition) is 0. The quantitative estimate of drug-likeness (QED) is 0.715. The third-order valence-electron chi connectivity index (χ3n) is 8.04. The molecule has 0 saturated heterocycles. The van der Waals surface area contributed by atoms with Crippen LogP contribution in [0, 0.1) is 28.6 Å². The normalized spacial score (nSPS) is 47.5. The topological polar surface area (TPSA) is 34.1 Å². The Labute approximate surface area is 133 Å². The van der Waals surface area contributed by atoms with Crippen LogP contribution in [-0.2, 0) is 9.59 Å². The van der Waals surface area contributed by atoms with Gasteiger partial charge in [0.15, 0.2) is 5.78 Å². The monoisotopic (exact) mass is 300 g/mol. The van der Waals surface area contributed by atoms with Gasteiger partial charge in [0, 0.05) is 18.3 Å². The molecule has 0 radical (unpaired) electrons. The Hall–Kier alpha value is -0.920. The lowest BCUT2D eigenvalue weighted by Gasteiger charge is -2.57. The van der Waals surface area contributed by atoms with E-state index >= 15 is 0 Å². The van der Waals surface area contributed by atoms with Gasteiger partial charge in [-0.15, -0.1) is 0 Å². The van der Waals surface area contributed by atoms with Gasteiger partial charge >= 0.3 is 0 Å². The molecule has 0 heterocycles. The molecule has 3 fully saturated rings. The smallest absolute Gasteiger partial charge is 0.155 e. The maximum absolute atomic E-state index is 12.6. The minimum absolute atomic E-state index is 0.0171. The molecule has 22 heavy (non-hydrogen) atoms. The predicted molar refractivity (Wildman–Crippen MR) is 86.3 cm³/mol. The fourth-order valence-corrected chi connectivity index (χ4v) is 6.78. The van der Waals surface area contributed by atoms with E-state index in [-0.39, 0.29) is 10.8 Å². The number of carbonyl (C=O) groups excluding carboxylic acids is 2. The molecule has 3 saturated carbocycles. The average molecular weight is 300 g/mol. The highest BCUT2D eigenvalue weighted by Gasteiger charge is 2.59. The van der Waals surface area contributed by atoms with Gasteiger partial charge in [0.25, 0.3) is 0 Å². The first-order valence-corrected chi connectivity index (χ1v) is 9.28. The summed E-state index contributed by atoms with van der Waals surface area (Å²) in [7, 11) is 0. The zero-order valence-electron chi connectivity index (χ0n) is 14.0. The first-order valence-electron chi connectivity index (χ1n) is 9.28. The van der Waals surface area contributed by atoms with Gasteiger partial charge in [-0.05, 0) is 74.2 Å². The standard InChI is InChI=1S/C20H28O2/c1-3-20-11-9-16-15(17(20)6-7-18(20)22)5-4-13-12-14(21)8-10-19(13,16)2/h12,15-17H,3-11H2,1-2H3. The van der Waals surface area contributed by atoms with Crippen LogP contribution in [0.25, 0.3) is 0 Å². The molecule has 0 aromatic carbocycles. The Morgan fingerprint density at radius 2 is 1.86 bits per heavy atom. The van der Waals surface area contributed by atoms with Crippen molar-refractivity contribution in [1.29, 1.82) is 0 Å². The molecule has 0 aliphatic heterocycles. The van der Waals surface area contributed by atoms with E-state index in [0.29, 0.717) is 23.4 Å². The Morgan fingerprint density at radius 1 is 1.05 bits per heavy atom. The molecule has 5 atom stereocenters. The molecule has 120 valence electrons. The highest BCUT2D eigenvalue weighted by atomic mass is 16.1. The van der Waals surface area contributed by atoms with Crippen molar-refractivity contribution in [2.45, 2.75) is 71.6 Å². The second-order valence-corrected chi connectivity index (χ2v) is 8.48. The number of rotatable bonds is 1. The van der Waals surface area contributed by atoms with Gasteiger partial charge in [0.2, 0.25) is 0 Å². The minimum Gasteiger partial charge on any atom is -0.299 e. The van der Waals surface area contributed by atoms with Crippen molar-refractivity contribution in [3.8, 4) is 0 Å². The van der Waals surface area contributed by atoms with Crippen LogP contribution < -0.4 is 0 Å². The highest BCUT2D eigenvalue weighted by Crippen LogP contribution is 2.65. The summed E-state index contributed by atoms with van der Waals surface area (Å²) in [4.78, 5) is 24.4. The first-order chi connectivity index (χ1) is 10.5. The van der Waals surface area contributed by atoms with Gasteiger partial charge in [-0.3, -0.25) is 9.59 Å². The Bertz CT molecular complexity index is 560. The van der Waals surface area contributed by atoms with E-state index in [1.165, 1.54) is 18.4 Å². The summed E-state index contributed by atoms with van der Waals surface area (Å²) in [5, 5.41) is 0. The second kappa shape index (κ2) is 4.79. The summed E-state index contributed by atoms with van der Waals surface area (Å²) in [5.74, 6) is 2.94. The highest BCUT2D eigenvalue weighted by molar-refractivity contribution is 5.91. The van der Waals surface area contributed by atoms with Crippen molar-refractivity contribution >= 4 is 11.6 Å². The van der Waals surface area contributed by atoms with Crippen LogP contribution in [0.3, 0.4) is 0 Å². The number of Topliss-reactive ketones (excluding diaryl/α,β-unsaturated/α-hetero) is 1. The fourth-order valence-electron chi connectivity index (χ4n) is 6.78. The van der Waals surface area contributed by atoms with Gasteiger partial charge in [-0.2, -0.15) is 0 Å². The molecule has 0 aromatic heterocycles. The molecule has 4 aliphatic rings. The number of ketones is 2. The van der Waals surface area contributed by atoms with Crippen molar-refractivity contribution in [3.63, 3.8) is 0 Å². The number of hydrogen-bond acceptors (Lipinski definition) is 2. The van der Waals surface area contributed by atoms with Gasteiger partial charge in [0.1, 0.15) is 5.78 Å². The van der Waals surface area contributed by atoms with Crippen molar-refractivity contribution in [1.82, 2.24) is 0 Å². The van der Waals surface area contributed by atoms with Crippen molar-refractivity contribution in [2.75, 3.05) is 0 Å². The SMILES string of the molecule is CCC12CCC3C(CCC4=CC(=O)CCC43C)C1CCC2=O. The number of fused-ring (bicyclic) bond motifs is 5. The van der Waals surface area contributed by atoms with E-state index in [4.69, 9.17) is 0 Å². The summed E-state index contributed by atoms with van der Waals surface area (Å²) in [6, 6.07) is 0. The van der Waals surface area contributed by atoms with E-state index in [9.17, 15) is 9.59 Å². The molecular formula is C20H28O2. The lowest BCUT2D eigenvalue weighted by atomic mass is 9.47. The summed E-state index contributed by atoms with van der Waals surface area (Å²) in [6.45, 7) is 4.64. The van der Waals surface area contributed by atoms with E-state index in [1.807, 2.05) is 6.08 Å². The zero-order valence-corrected chi connectivity index (χ0v) is 14.0. The van der Waals surface area contributed by atoms with Crippen molar-refractivity contribution in [2.24, 2.45) is 28.6 Å². The minimum atomic E-state index is 0.0171. The van der Waals surface area contributed by atoms with Crippen LogP contribution in [-0.4, -0.2) is 11.6 Å². The molecular weight excluding hydrogens is 272 g/mol. The van der Waals surface area contributed by atoms with Gasteiger partial charge in [-0.1, -0.05) is 19.4 Å². The molecule has 0 amide bonds. The van der Waals surface area contributed by atoms with E-state index in [1.54, 1.807) is 0 Å². The third kappa shape index (κ3) is 1.73. The van der Waals surface area contributed by atoms with Crippen LogP contribution in [0.4, 0.5) is 0 Å². The molecule has 0 N–H and O–H groups in total. The maximum atomic E-state index is 12.6. The predicted octanol–water partition coefficient (Wildman–Crippen LogP) is 4.48. The molecule has 4 rings (SSSR count). The lowest BCUT2D eigenvalue weighted by Crippen LogP contribution is -2.51. The van der Waals surface area contributed by atoms with Crippen molar-refractivity contribution in [3.05, 3.63) is 11.6 Å². The Kier molecular flexibility index (Phi) is 3.19. The lowest BCUT2D eigenvalue weighted by molar-refractivity contribution is -0.134. The largest absolute Gasteiger partial charge is 0.299 e. The Morgan fingerprint density at radius 3 is 2.64 bits per heavy atom. The number of allylic oxidation sites excluding steroid dienone is 1.